The van der Waals surface area contributed by atoms with E-state index in [4.69, 9.17) is 5.73 Å². The normalized spacial score (nSPS) is 14.6. The maximum atomic E-state index is 6.19. The summed E-state index contributed by atoms with van der Waals surface area (Å²) in [6.07, 6.45) is 3.92. The van der Waals surface area contributed by atoms with Crippen LogP contribution in [0.15, 0.2) is 24.5 Å². The standard InChI is InChI=1S/C14H18N6/c1-10-5-4-6-11(18-10)19-13-12(15)14(17-9-16-13)20-7-2-3-8-20/h4-6,9H,2-3,7-8,15H2,1H3,(H,16,17,18,19). The highest BCUT2D eigenvalue weighted by Crippen LogP contribution is 2.29. The van der Waals surface area contributed by atoms with E-state index in [2.05, 4.69) is 25.2 Å². The van der Waals surface area contributed by atoms with Crippen LogP contribution in [-0.4, -0.2) is 28.0 Å². The number of nitrogens with two attached hydrogens (primary N) is 1. The van der Waals surface area contributed by atoms with Gasteiger partial charge in [-0.05, 0) is 31.9 Å². The Kier molecular flexibility index (Phi) is 3.37. The minimum absolute atomic E-state index is 0.581. The van der Waals surface area contributed by atoms with Gasteiger partial charge in [0.1, 0.15) is 17.8 Å². The molecule has 0 aromatic carbocycles. The molecule has 0 spiro atoms. The fraction of sp³-hybridized carbons (Fsp3) is 0.357. The number of pyridine rings is 1. The largest absolute Gasteiger partial charge is 0.393 e. The molecule has 3 N–H and O–H groups in total. The first kappa shape index (κ1) is 12.7. The van der Waals surface area contributed by atoms with Gasteiger partial charge < -0.3 is 16.0 Å². The third-order valence-corrected chi connectivity index (χ3v) is 3.40. The fourth-order valence-corrected chi connectivity index (χ4v) is 2.40. The highest BCUT2D eigenvalue weighted by atomic mass is 15.2. The zero-order valence-corrected chi connectivity index (χ0v) is 11.5. The van der Waals surface area contributed by atoms with Crippen molar-refractivity contribution in [3.63, 3.8) is 0 Å². The highest BCUT2D eigenvalue weighted by molar-refractivity contribution is 5.77. The lowest BCUT2D eigenvalue weighted by Crippen LogP contribution is -2.21. The molecular weight excluding hydrogens is 252 g/mol. The van der Waals surface area contributed by atoms with Gasteiger partial charge in [-0.2, -0.15) is 0 Å². The van der Waals surface area contributed by atoms with Crippen LogP contribution in [0.1, 0.15) is 18.5 Å². The number of rotatable bonds is 3. The zero-order valence-electron chi connectivity index (χ0n) is 11.5. The topological polar surface area (TPSA) is 80.0 Å². The summed E-state index contributed by atoms with van der Waals surface area (Å²) in [5, 5.41) is 3.16. The highest BCUT2D eigenvalue weighted by Gasteiger charge is 2.18. The molecule has 20 heavy (non-hydrogen) atoms. The van der Waals surface area contributed by atoms with E-state index in [1.807, 2.05) is 25.1 Å². The van der Waals surface area contributed by atoms with Crippen molar-refractivity contribution >= 4 is 23.1 Å². The maximum Gasteiger partial charge on any atom is 0.160 e. The summed E-state index contributed by atoms with van der Waals surface area (Å²) in [6.45, 7) is 3.96. The van der Waals surface area contributed by atoms with E-state index in [0.717, 1.165) is 30.4 Å². The van der Waals surface area contributed by atoms with Crippen LogP contribution in [0.3, 0.4) is 0 Å². The minimum Gasteiger partial charge on any atom is -0.393 e. The third kappa shape index (κ3) is 2.49. The summed E-state index contributed by atoms with van der Waals surface area (Å²) < 4.78 is 0. The van der Waals surface area contributed by atoms with Crippen molar-refractivity contribution in [1.29, 1.82) is 0 Å². The number of aryl methyl sites for hydroxylation is 1. The SMILES string of the molecule is Cc1cccc(Nc2ncnc(N3CCCC3)c2N)n1. The van der Waals surface area contributed by atoms with Gasteiger partial charge in [0.05, 0.1) is 0 Å². The monoisotopic (exact) mass is 270 g/mol. The quantitative estimate of drug-likeness (QED) is 0.889. The van der Waals surface area contributed by atoms with Gasteiger partial charge in [0.15, 0.2) is 11.6 Å². The van der Waals surface area contributed by atoms with Gasteiger partial charge in [-0.3, -0.25) is 0 Å². The molecule has 0 unspecified atom stereocenters. The lowest BCUT2D eigenvalue weighted by Gasteiger charge is -2.19. The molecule has 3 rings (SSSR count). The van der Waals surface area contributed by atoms with Gasteiger partial charge in [-0.1, -0.05) is 6.07 Å². The van der Waals surface area contributed by atoms with Gasteiger partial charge >= 0.3 is 0 Å². The molecule has 0 amide bonds. The van der Waals surface area contributed by atoms with Crippen LogP contribution in [0.4, 0.5) is 23.1 Å². The number of nitrogen functional groups attached to an aromatic ring is 1. The first-order valence-electron chi connectivity index (χ1n) is 6.80. The number of aromatic nitrogens is 3. The average molecular weight is 270 g/mol. The van der Waals surface area contributed by atoms with Crippen molar-refractivity contribution in [2.45, 2.75) is 19.8 Å². The van der Waals surface area contributed by atoms with Crippen molar-refractivity contribution < 1.29 is 0 Å². The van der Waals surface area contributed by atoms with Crippen LogP contribution in [-0.2, 0) is 0 Å². The zero-order chi connectivity index (χ0) is 13.9. The summed E-state index contributed by atoms with van der Waals surface area (Å²) in [5.41, 5.74) is 7.72. The van der Waals surface area contributed by atoms with Crippen LogP contribution in [0, 0.1) is 6.92 Å². The Morgan fingerprint density at radius 1 is 1.20 bits per heavy atom. The predicted molar refractivity (Wildman–Crippen MR) is 80.1 cm³/mol. The van der Waals surface area contributed by atoms with Crippen LogP contribution < -0.4 is 16.0 Å². The predicted octanol–water partition coefficient (Wildman–Crippen LogP) is 2.11. The number of anilines is 4. The molecular formula is C14H18N6. The molecule has 0 saturated carbocycles. The number of nitrogens with zero attached hydrogens (tertiary/aromatic N) is 4. The van der Waals surface area contributed by atoms with E-state index < -0.39 is 0 Å². The van der Waals surface area contributed by atoms with Crippen LogP contribution in [0.5, 0.6) is 0 Å². The summed E-state index contributed by atoms with van der Waals surface area (Å²) in [6, 6.07) is 5.79. The van der Waals surface area contributed by atoms with Crippen molar-refractivity contribution in [3.8, 4) is 0 Å². The van der Waals surface area contributed by atoms with E-state index in [1.54, 1.807) is 6.33 Å². The molecule has 6 nitrogen and oxygen atoms in total. The summed E-state index contributed by atoms with van der Waals surface area (Å²) in [7, 11) is 0. The Morgan fingerprint density at radius 3 is 2.75 bits per heavy atom. The Labute approximate surface area is 118 Å². The Bertz CT molecular complexity index is 606. The van der Waals surface area contributed by atoms with E-state index in [0.29, 0.717) is 11.5 Å². The molecule has 1 saturated heterocycles. The fourth-order valence-electron chi connectivity index (χ4n) is 2.40. The smallest absolute Gasteiger partial charge is 0.160 e. The number of hydrogen-bond donors (Lipinski definition) is 2. The second-order valence-electron chi connectivity index (χ2n) is 4.94. The second kappa shape index (κ2) is 5.32. The van der Waals surface area contributed by atoms with Crippen LogP contribution >= 0.6 is 0 Å². The van der Waals surface area contributed by atoms with Crippen molar-refractivity contribution in [2.75, 3.05) is 29.0 Å². The van der Waals surface area contributed by atoms with Crippen molar-refractivity contribution in [2.24, 2.45) is 0 Å². The van der Waals surface area contributed by atoms with E-state index in [-0.39, 0.29) is 0 Å². The lowest BCUT2D eigenvalue weighted by atomic mass is 10.3. The molecule has 0 aliphatic carbocycles. The van der Waals surface area contributed by atoms with E-state index >= 15 is 0 Å². The van der Waals surface area contributed by atoms with Crippen LogP contribution in [0.2, 0.25) is 0 Å². The molecule has 6 heteroatoms. The average Bonchev–Trinajstić information content (AvgIpc) is 2.95. The Morgan fingerprint density at radius 2 is 2.00 bits per heavy atom. The van der Waals surface area contributed by atoms with Gasteiger partial charge in [0.25, 0.3) is 0 Å². The van der Waals surface area contributed by atoms with Crippen molar-refractivity contribution in [1.82, 2.24) is 15.0 Å². The first-order chi connectivity index (χ1) is 9.74. The summed E-state index contributed by atoms with van der Waals surface area (Å²) >= 11 is 0. The Hall–Kier alpha value is -2.37. The molecule has 0 radical (unpaired) electrons. The van der Waals surface area contributed by atoms with Crippen molar-refractivity contribution in [3.05, 3.63) is 30.2 Å². The van der Waals surface area contributed by atoms with E-state index in [9.17, 15) is 0 Å². The molecule has 0 bridgehead atoms. The molecule has 2 aromatic heterocycles. The number of hydrogen-bond acceptors (Lipinski definition) is 6. The molecule has 1 fully saturated rings. The van der Waals surface area contributed by atoms with E-state index in [1.165, 1.54) is 12.8 Å². The molecule has 0 atom stereocenters. The molecule has 2 aromatic rings. The third-order valence-electron chi connectivity index (χ3n) is 3.40. The summed E-state index contributed by atoms with van der Waals surface area (Å²) in [5.74, 6) is 2.16. The minimum atomic E-state index is 0.581. The first-order valence-corrected chi connectivity index (χ1v) is 6.80. The number of nitrogens with one attached hydrogen (secondary N) is 1. The molecule has 104 valence electrons. The maximum absolute atomic E-state index is 6.19. The molecule has 1 aliphatic rings. The van der Waals surface area contributed by atoms with Gasteiger partial charge in [0.2, 0.25) is 0 Å². The summed E-state index contributed by atoms with van der Waals surface area (Å²) in [4.78, 5) is 15.1. The second-order valence-corrected chi connectivity index (χ2v) is 4.94. The Balaban J connectivity index is 1.88. The van der Waals surface area contributed by atoms with Gasteiger partial charge in [-0.15, -0.1) is 0 Å². The van der Waals surface area contributed by atoms with Gasteiger partial charge in [-0.25, -0.2) is 15.0 Å². The van der Waals surface area contributed by atoms with Gasteiger partial charge in [0, 0.05) is 18.8 Å². The molecule has 1 aliphatic heterocycles. The van der Waals surface area contributed by atoms with Crippen LogP contribution in [0.25, 0.3) is 0 Å². The molecule has 3 heterocycles. The lowest BCUT2D eigenvalue weighted by molar-refractivity contribution is 0.931.